The number of hydrogen-bond acceptors (Lipinski definition) is 2. The minimum atomic E-state index is -0.134. The van der Waals surface area contributed by atoms with E-state index in [2.05, 4.69) is 502 Å². The molecule has 0 spiro atoms. The summed E-state index contributed by atoms with van der Waals surface area (Å²) < 4.78 is 5.26. The smallest absolute Gasteiger partial charge is 0.166 e. The lowest BCUT2D eigenvalue weighted by Gasteiger charge is -2.19. The van der Waals surface area contributed by atoms with Crippen LogP contribution in [0.4, 0.5) is 0 Å². The van der Waals surface area contributed by atoms with Crippen LogP contribution in [-0.2, 0) is 77.2 Å². The molecule has 2 nitrogen and oxygen atoms in total. The first-order valence-corrected chi connectivity index (χ1v) is 49.1. The number of phenols is 1. The summed E-state index contributed by atoms with van der Waals surface area (Å²) in [4.78, 5) is 24.1. The molecular weight excluding hydrogens is 1620 g/mol. The lowest BCUT2D eigenvalue weighted by atomic mass is 9.87. The first kappa shape index (κ1) is 89.4. The van der Waals surface area contributed by atoms with Gasteiger partial charge in [-0.15, -0.1) is 0 Å². The van der Waals surface area contributed by atoms with Gasteiger partial charge in [-0.1, -0.05) is 306 Å². The minimum Gasteiger partial charge on any atom is -0.508 e. The van der Waals surface area contributed by atoms with E-state index in [1.54, 1.807) is 19.2 Å². The molecule has 18 rings (SSSR count). The third kappa shape index (κ3) is 25.9. The van der Waals surface area contributed by atoms with E-state index in [0.29, 0.717) is 5.75 Å². The average Bonchev–Trinajstić information content (AvgIpc) is 0.840. The second-order valence-corrected chi connectivity index (χ2v) is 41.8. The summed E-state index contributed by atoms with van der Waals surface area (Å²) in [5, 5.41) is 9.48. The molecule has 124 heavy (non-hydrogen) atoms. The maximum absolute atomic E-state index is 9.48. The third-order valence-electron chi connectivity index (χ3n) is 19.9. The number of aromatic hydroxyl groups is 1. The Bertz CT molecular complexity index is 5440. The van der Waals surface area contributed by atoms with Crippen LogP contribution in [0.2, 0.25) is 0 Å². The Kier molecular flexibility index (Phi) is 34.1. The Morgan fingerprint density at radius 3 is 0.524 bits per heavy atom. The van der Waals surface area contributed by atoms with Crippen molar-refractivity contribution in [3.05, 3.63) is 532 Å². The van der Waals surface area contributed by atoms with E-state index in [1.807, 2.05) is 36.4 Å². The van der Waals surface area contributed by atoms with Crippen LogP contribution in [0.25, 0.3) is 0 Å². The zero-order valence-electron chi connectivity index (χ0n) is 71.1. The summed E-state index contributed by atoms with van der Waals surface area (Å²) in [6, 6.07) is 182. The van der Waals surface area contributed by atoms with Crippen molar-refractivity contribution >= 4 is 65.4 Å². The highest BCUT2D eigenvalue weighted by molar-refractivity contribution is 7.98. The molecule has 0 aliphatic rings. The van der Waals surface area contributed by atoms with E-state index in [4.69, 9.17) is 4.74 Å². The van der Waals surface area contributed by atoms with Gasteiger partial charge in [-0.25, -0.2) is 0 Å². The standard InChI is InChI=1S/C22H23S.C20H19S.C19H17OS.C19H17S.C18H14OS.C18H15S/c1-22(2,3)18-14-16-21(17-15-18)23(19-10-6-4-7-11-19)20-12-8-5-9-13-20;1-2-17-13-15-20(16-14-17)21(18-9-5-3-6-10-18)19-11-7-4-8-12-19;1-20-16-12-14-19(15-13-16)21(17-8-4-2-5-9-17)18-10-6-3-7-11-18;1-16-12-14-19(15-13-16)20(17-8-4-2-5-9-17)18-10-6-3-7-11-18;19-15-11-13-18(14-12-15)20(16-7-3-1-4-8-16)17-9-5-2-6-10-17;1-4-10-16(11-5-1)19(17-12-6-2-7-13-17)18-14-8-3-9-15-18/h4-17H,1-3H3;3-16H,2H2,1H3;2-15H,1H3;2-15H,1H3;1-14H;1-15H/q4*+1;;+1/p+1. The van der Waals surface area contributed by atoms with Crippen LogP contribution in [0.15, 0.2) is 604 Å². The number of aryl methyl sites for hydroxylation is 2. The van der Waals surface area contributed by atoms with Gasteiger partial charge in [0.15, 0.2) is 88.1 Å². The number of rotatable bonds is 20. The van der Waals surface area contributed by atoms with E-state index in [1.165, 1.54) is 105 Å². The summed E-state index contributed by atoms with van der Waals surface area (Å²) in [5.41, 5.74) is 4.27. The lowest BCUT2D eigenvalue weighted by molar-refractivity contribution is 0.414. The zero-order chi connectivity index (χ0) is 85.8. The first-order valence-electron chi connectivity index (χ1n) is 41.8. The molecule has 0 heterocycles. The molecule has 0 bridgehead atoms. The Balaban J connectivity index is 0.000000128. The van der Waals surface area contributed by atoms with Gasteiger partial charge in [0.25, 0.3) is 0 Å². The van der Waals surface area contributed by atoms with Crippen LogP contribution in [0.1, 0.15) is 44.4 Å². The van der Waals surface area contributed by atoms with Crippen molar-refractivity contribution in [1.82, 2.24) is 0 Å². The van der Waals surface area contributed by atoms with Crippen molar-refractivity contribution in [2.45, 2.75) is 135 Å². The fourth-order valence-corrected chi connectivity index (χ4v) is 26.1. The highest BCUT2D eigenvalue weighted by Gasteiger charge is 2.34. The molecule has 18 aromatic rings. The SMILES string of the molecule is CC(C)(C)c1ccc([S+](c2ccccc2)c2ccccc2)cc1.CCc1ccc([S+](c2ccccc2)c2ccccc2)cc1.COc1ccc([S+](c2ccccc2)c2ccccc2)cc1.Cc1ccc([S+](c2ccccc2)c2ccccc2)cc1.Oc1ccc([S+](c2ccccc2)c2ccccc2)cc1.c1ccc([S+](c2ccccc2)c2ccccc2)cc1. The molecule has 0 aliphatic carbocycles. The molecule has 0 aliphatic heterocycles. The van der Waals surface area contributed by atoms with E-state index in [0.717, 1.165) is 12.2 Å². The van der Waals surface area contributed by atoms with Crippen LogP contribution < -0.4 is 4.74 Å². The van der Waals surface area contributed by atoms with Crippen LogP contribution in [0, 0.1) is 6.92 Å². The molecule has 18 aromatic carbocycles. The Labute approximate surface area is 754 Å². The lowest BCUT2D eigenvalue weighted by Crippen LogP contribution is -2.11. The van der Waals surface area contributed by atoms with Gasteiger partial charge >= 0.3 is 0 Å². The molecule has 0 amide bonds. The zero-order valence-corrected chi connectivity index (χ0v) is 76.0. The van der Waals surface area contributed by atoms with Gasteiger partial charge in [-0.3, -0.25) is 0 Å². The number of benzene rings is 18. The molecule has 1 N–H and O–H groups in total. The summed E-state index contributed by atoms with van der Waals surface area (Å²) in [7, 11) is 1.37. The average molecular weight is 1720 g/mol. The monoisotopic (exact) mass is 1720 g/mol. The van der Waals surface area contributed by atoms with Gasteiger partial charge in [0.05, 0.1) is 72.5 Å². The molecule has 0 fully saturated rings. The quantitative estimate of drug-likeness (QED) is 0.0771. The van der Waals surface area contributed by atoms with Gasteiger partial charge < -0.3 is 9.84 Å². The molecule has 0 aromatic heterocycles. The van der Waals surface area contributed by atoms with Crippen LogP contribution >= 0.6 is 0 Å². The summed E-state index contributed by atoms with van der Waals surface area (Å²) in [6.07, 6.45) is 1.09. The van der Waals surface area contributed by atoms with Gasteiger partial charge in [0.1, 0.15) is 11.5 Å². The second-order valence-electron chi connectivity index (χ2n) is 29.7. The second kappa shape index (κ2) is 47.3. The topological polar surface area (TPSA) is 29.5 Å². The Hall–Kier alpha value is -12.3. The predicted octanol–water partition coefficient (Wildman–Crippen LogP) is 30.6. The summed E-state index contributed by atoms with van der Waals surface area (Å²) in [6.45, 7) is 11.1. The summed E-state index contributed by atoms with van der Waals surface area (Å²) in [5.74, 6) is 1.20. The largest absolute Gasteiger partial charge is 0.508 e. The van der Waals surface area contributed by atoms with Crippen molar-refractivity contribution in [3.8, 4) is 11.5 Å². The third-order valence-corrected chi connectivity index (χ3v) is 33.3. The molecule has 612 valence electrons. The molecule has 8 heteroatoms. The highest BCUT2D eigenvalue weighted by Crippen LogP contribution is 2.39. The van der Waals surface area contributed by atoms with Crippen LogP contribution in [0.5, 0.6) is 11.5 Å². The minimum absolute atomic E-state index is 0.0146. The molecule has 0 saturated carbocycles. The Morgan fingerprint density at radius 1 is 0.202 bits per heavy atom. The predicted molar refractivity (Wildman–Crippen MR) is 530 cm³/mol. The van der Waals surface area contributed by atoms with E-state index in [-0.39, 0.29) is 70.8 Å². The fourth-order valence-electron chi connectivity index (χ4n) is 13.6. The molecular formula is C116H106O2S6+6. The first-order chi connectivity index (χ1) is 61.0. The summed E-state index contributed by atoms with van der Waals surface area (Å²) >= 11 is 0. The van der Waals surface area contributed by atoms with E-state index < -0.39 is 0 Å². The van der Waals surface area contributed by atoms with Crippen molar-refractivity contribution in [2.75, 3.05) is 7.11 Å². The number of hydrogen-bond donors (Lipinski definition) is 1. The van der Waals surface area contributed by atoms with Crippen LogP contribution in [-0.4, -0.2) is 12.2 Å². The van der Waals surface area contributed by atoms with E-state index in [9.17, 15) is 5.11 Å². The fraction of sp³-hybridized carbons (Fsp3) is 0.0690. The van der Waals surface area contributed by atoms with E-state index >= 15 is 0 Å². The van der Waals surface area contributed by atoms with Crippen molar-refractivity contribution < 1.29 is 9.84 Å². The van der Waals surface area contributed by atoms with Gasteiger partial charge in [-0.2, -0.15) is 0 Å². The van der Waals surface area contributed by atoms with Gasteiger partial charge in [-0.05, 0) is 273 Å². The van der Waals surface area contributed by atoms with Crippen molar-refractivity contribution in [1.29, 1.82) is 0 Å². The normalized spacial score (nSPS) is 10.8. The molecule has 0 unspecified atom stereocenters. The maximum atomic E-state index is 9.48. The van der Waals surface area contributed by atoms with Crippen molar-refractivity contribution in [3.63, 3.8) is 0 Å². The van der Waals surface area contributed by atoms with Gasteiger partial charge in [0.2, 0.25) is 0 Å². The maximum Gasteiger partial charge on any atom is 0.166 e. The van der Waals surface area contributed by atoms with Crippen LogP contribution in [0.3, 0.4) is 0 Å². The molecule has 0 atom stereocenters. The highest BCUT2D eigenvalue weighted by atomic mass is 32.2. The van der Waals surface area contributed by atoms with Gasteiger partial charge in [0, 0.05) is 0 Å². The Morgan fingerprint density at radius 2 is 0.355 bits per heavy atom. The number of phenolic OH excluding ortho intramolecular Hbond substituents is 1. The van der Waals surface area contributed by atoms with Crippen molar-refractivity contribution in [2.24, 2.45) is 0 Å². The molecule has 0 saturated heterocycles. The number of ether oxygens (including phenoxy) is 1. The molecule has 0 radical (unpaired) electrons. The number of methoxy groups -OCH3 is 1.